The fraction of sp³-hybridized carbons (Fsp3) is 0.515. The minimum absolute atomic E-state index is 0.158. The normalized spacial score (nSPS) is 18.3. The van der Waals surface area contributed by atoms with Crippen LogP contribution in [0.1, 0.15) is 60.3 Å². The molecular weight excluding hydrogens is 627 g/mol. The van der Waals surface area contributed by atoms with Crippen LogP contribution < -0.4 is 5.11 Å². The number of aliphatic hydroxyl groups is 1. The van der Waals surface area contributed by atoms with Gasteiger partial charge in [0, 0.05) is 19.6 Å². The molecule has 1 aliphatic rings. The Morgan fingerprint density at radius 1 is 0.911 bits per heavy atom. The second kappa shape index (κ2) is 17.8. The second-order valence-corrected chi connectivity index (χ2v) is 13.4. The number of carboxylic acid groups (broad SMARTS) is 1. The van der Waals surface area contributed by atoms with Crippen molar-refractivity contribution in [1.82, 2.24) is 0 Å². The van der Waals surface area contributed by atoms with Gasteiger partial charge in [-0.2, -0.15) is 13.2 Å². The Morgan fingerprint density at radius 2 is 1.49 bits per heavy atom. The highest BCUT2D eigenvalue weighted by atomic mass is 32.1. The Hall–Kier alpha value is -2.77. The van der Waals surface area contributed by atoms with E-state index in [1.165, 1.54) is 53.9 Å². The van der Waals surface area contributed by atoms with E-state index in [4.69, 9.17) is 19.4 Å². The number of alkyl halides is 3. The monoisotopic (exact) mass is 669 g/mol. The molecule has 0 radical (unpaired) electrons. The highest BCUT2D eigenvalue weighted by Crippen LogP contribution is 2.37. The number of aliphatic carboxylic acids is 1. The number of esters is 1. The lowest BCUT2D eigenvalue weighted by atomic mass is 10.00. The molecule has 4 rings (SSSR count). The molecule has 12 heteroatoms. The average molecular weight is 670 g/mol. The van der Waals surface area contributed by atoms with E-state index in [0.29, 0.717) is 9.75 Å². The summed E-state index contributed by atoms with van der Waals surface area (Å²) in [6.45, 7) is 4.61. The standard InChI is InChI=1S/C31H42NO4S2.C2HF3O2/c1-32(19-8-2-3-9-21-35-22-10-7-15-26-13-5-4-6-14-26)20-18-27(25-32)36-30(33)31(34,28-16-11-23-37-28)29-17-12-24-38-29;3-2(4,5)1(6)7/h4-6,11-14,16-17,23-24,27,34H,2-3,7-10,15,18-22,25H2,1H3;(H,6,7)/q+1;/p-1. The maximum atomic E-state index is 13.3. The van der Waals surface area contributed by atoms with E-state index in [-0.39, 0.29) is 6.10 Å². The summed E-state index contributed by atoms with van der Waals surface area (Å²) in [5.41, 5.74) is -0.317. The summed E-state index contributed by atoms with van der Waals surface area (Å²) in [6.07, 6.45) is 3.59. The first-order valence-electron chi connectivity index (χ1n) is 15.2. The number of quaternary nitrogens is 1. The molecule has 1 aromatic carbocycles. The molecule has 0 aliphatic carbocycles. The van der Waals surface area contributed by atoms with Crippen molar-refractivity contribution < 1.29 is 46.9 Å². The number of carboxylic acids is 1. The fourth-order valence-electron chi connectivity index (χ4n) is 5.29. The number of benzene rings is 1. The molecule has 1 N–H and O–H groups in total. The minimum atomic E-state index is -5.19. The van der Waals surface area contributed by atoms with E-state index < -0.39 is 23.7 Å². The lowest BCUT2D eigenvalue weighted by Crippen LogP contribution is -2.44. The summed E-state index contributed by atoms with van der Waals surface area (Å²) >= 11 is 2.76. The Labute approximate surface area is 270 Å². The topological polar surface area (TPSA) is 95.9 Å². The molecule has 248 valence electrons. The van der Waals surface area contributed by atoms with E-state index in [1.807, 2.05) is 22.9 Å². The fourth-order valence-corrected chi connectivity index (χ4v) is 7.00. The van der Waals surface area contributed by atoms with Crippen LogP contribution >= 0.6 is 22.7 Å². The van der Waals surface area contributed by atoms with Gasteiger partial charge in [0.1, 0.15) is 12.5 Å². The van der Waals surface area contributed by atoms with Gasteiger partial charge >= 0.3 is 12.1 Å². The molecule has 1 saturated heterocycles. The van der Waals surface area contributed by atoms with Gasteiger partial charge in [-0.25, -0.2) is 4.79 Å². The van der Waals surface area contributed by atoms with Crippen LogP contribution in [0.5, 0.6) is 0 Å². The molecule has 45 heavy (non-hydrogen) atoms. The van der Waals surface area contributed by atoms with Gasteiger partial charge in [-0.05, 0) is 67.0 Å². The molecule has 0 amide bonds. The molecule has 0 bridgehead atoms. The van der Waals surface area contributed by atoms with E-state index in [2.05, 4.69) is 37.4 Å². The van der Waals surface area contributed by atoms with Crippen molar-refractivity contribution in [1.29, 1.82) is 0 Å². The van der Waals surface area contributed by atoms with Crippen molar-refractivity contribution in [3.8, 4) is 0 Å². The zero-order chi connectivity index (χ0) is 32.8. The van der Waals surface area contributed by atoms with Crippen LogP contribution in [0, 0.1) is 0 Å². The summed E-state index contributed by atoms with van der Waals surface area (Å²) in [7, 11) is 2.26. The number of halogens is 3. The molecule has 3 heterocycles. The number of rotatable bonds is 16. The molecule has 0 saturated carbocycles. The molecule has 1 aliphatic heterocycles. The van der Waals surface area contributed by atoms with Crippen LogP contribution in [0.3, 0.4) is 0 Å². The summed E-state index contributed by atoms with van der Waals surface area (Å²) in [6, 6.07) is 18.0. The Kier molecular flexibility index (Phi) is 14.5. The number of likely N-dealkylation sites (N-methyl/N-ethyl adjacent to an activating group) is 1. The molecule has 3 aromatic rings. The van der Waals surface area contributed by atoms with E-state index in [0.717, 1.165) is 63.0 Å². The largest absolute Gasteiger partial charge is 0.542 e. The summed E-state index contributed by atoms with van der Waals surface area (Å²) < 4.78 is 44.2. The van der Waals surface area contributed by atoms with Gasteiger partial charge in [-0.15, -0.1) is 22.7 Å². The Balaban J connectivity index is 0.000000707. The molecule has 2 atom stereocenters. The third-order valence-electron chi connectivity index (χ3n) is 7.78. The van der Waals surface area contributed by atoms with Crippen LogP contribution in [0.15, 0.2) is 65.4 Å². The first-order chi connectivity index (χ1) is 21.4. The van der Waals surface area contributed by atoms with Crippen LogP contribution in [0.4, 0.5) is 13.2 Å². The van der Waals surface area contributed by atoms with Crippen LogP contribution in [-0.4, -0.2) is 73.7 Å². The number of aryl methyl sites for hydroxylation is 1. The number of carbonyl (C=O) groups is 2. The second-order valence-electron chi connectivity index (χ2n) is 11.5. The first kappa shape index (κ1) is 36.7. The van der Waals surface area contributed by atoms with Gasteiger partial charge < -0.3 is 29.0 Å². The van der Waals surface area contributed by atoms with Crippen LogP contribution in [-0.2, 0) is 31.1 Å². The number of ether oxygens (including phenoxy) is 2. The third kappa shape index (κ3) is 11.8. The van der Waals surface area contributed by atoms with E-state index in [9.17, 15) is 23.1 Å². The lowest BCUT2D eigenvalue weighted by Gasteiger charge is -2.30. The lowest BCUT2D eigenvalue weighted by molar-refractivity contribution is -0.899. The highest BCUT2D eigenvalue weighted by molar-refractivity contribution is 7.12. The van der Waals surface area contributed by atoms with E-state index in [1.54, 1.807) is 12.1 Å². The summed E-state index contributed by atoms with van der Waals surface area (Å²) in [5.74, 6) is -3.56. The number of thiophene rings is 2. The zero-order valence-corrected chi connectivity index (χ0v) is 27.1. The maximum absolute atomic E-state index is 13.3. The predicted molar refractivity (Wildman–Crippen MR) is 167 cm³/mol. The molecular formula is C33H42F3NO6S2. The molecule has 7 nitrogen and oxygen atoms in total. The van der Waals surface area contributed by atoms with Crippen molar-refractivity contribution in [2.24, 2.45) is 0 Å². The Morgan fingerprint density at radius 3 is 2.04 bits per heavy atom. The average Bonchev–Trinajstić information content (AvgIpc) is 3.80. The number of hydrogen-bond donors (Lipinski definition) is 1. The van der Waals surface area contributed by atoms with E-state index >= 15 is 0 Å². The van der Waals surface area contributed by atoms with Gasteiger partial charge in [-0.1, -0.05) is 48.9 Å². The van der Waals surface area contributed by atoms with Gasteiger partial charge in [0.15, 0.2) is 6.10 Å². The van der Waals surface area contributed by atoms with Crippen molar-refractivity contribution >= 4 is 34.6 Å². The number of nitrogens with zero attached hydrogens (tertiary/aromatic N) is 1. The summed E-state index contributed by atoms with van der Waals surface area (Å²) in [4.78, 5) is 23.3. The number of unbranched alkanes of at least 4 members (excludes halogenated alkanes) is 4. The van der Waals surface area contributed by atoms with Gasteiger partial charge in [0.05, 0.1) is 29.9 Å². The van der Waals surface area contributed by atoms with Gasteiger partial charge in [0.25, 0.3) is 0 Å². The molecule has 2 unspecified atom stereocenters. The number of hydrogen-bond acceptors (Lipinski definition) is 8. The minimum Gasteiger partial charge on any atom is -0.542 e. The first-order valence-corrected chi connectivity index (χ1v) is 16.9. The molecule has 1 fully saturated rings. The van der Waals surface area contributed by atoms with Crippen LogP contribution in [0.2, 0.25) is 0 Å². The van der Waals surface area contributed by atoms with Gasteiger partial charge in [0.2, 0.25) is 5.60 Å². The van der Waals surface area contributed by atoms with Crippen molar-refractivity contribution in [2.75, 3.05) is 39.9 Å². The molecule has 0 spiro atoms. The quantitative estimate of drug-likeness (QED) is 0.119. The smallest absolute Gasteiger partial charge is 0.430 e. The zero-order valence-electron chi connectivity index (χ0n) is 25.5. The number of carbonyl (C=O) groups excluding carboxylic acids is 2. The maximum Gasteiger partial charge on any atom is 0.430 e. The third-order valence-corrected chi connectivity index (χ3v) is 9.73. The van der Waals surface area contributed by atoms with Crippen LogP contribution in [0.25, 0.3) is 0 Å². The Bertz CT molecular complexity index is 1240. The van der Waals surface area contributed by atoms with Crippen molar-refractivity contribution in [2.45, 2.75) is 69.2 Å². The predicted octanol–water partition coefficient (Wildman–Crippen LogP) is 5.71. The van der Waals surface area contributed by atoms with Crippen molar-refractivity contribution in [3.05, 3.63) is 80.7 Å². The highest BCUT2D eigenvalue weighted by Gasteiger charge is 2.46. The van der Waals surface area contributed by atoms with Crippen molar-refractivity contribution in [3.63, 3.8) is 0 Å². The SMILES string of the molecule is C[N+]1(CCCCCCOCCCCc2ccccc2)CCC(OC(=O)C(O)(c2cccs2)c2cccs2)C1.O=C([O-])C(F)(F)F. The molecule has 2 aromatic heterocycles. The number of likely N-dealkylation sites (tertiary alicyclic amines) is 1. The van der Waals surface area contributed by atoms with Gasteiger partial charge in [-0.3, -0.25) is 0 Å². The summed E-state index contributed by atoms with van der Waals surface area (Å²) in [5, 5.41) is 24.0.